The summed E-state index contributed by atoms with van der Waals surface area (Å²) in [5.41, 5.74) is 7.48. The normalized spacial score (nSPS) is 19.8. The minimum Gasteiger partial charge on any atom is -0.364 e. The number of anilines is 1. The Morgan fingerprint density at radius 3 is 2.79 bits per heavy atom. The van der Waals surface area contributed by atoms with Crippen LogP contribution in [0.25, 0.3) is 11.3 Å². The minimum atomic E-state index is -0.420. The Labute approximate surface area is 155 Å². The number of carbonyl (C=O) groups is 1. The molecule has 1 amide bonds. The van der Waals surface area contributed by atoms with Crippen LogP contribution in [-0.4, -0.2) is 35.9 Å². The zero-order valence-electron chi connectivity index (χ0n) is 13.2. The number of amides is 1. The Balaban J connectivity index is 0.00000208. The van der Waals surface area contributed by atoms with Crippen LogP contribution in [0.1, 0.15) is 12.8 Å². The SMILES string of the molecule is CSc1ccc(-c2csc(NC(=O)[C@@H]3CC[C@H](CN)O3)n2)cc1.Cl. The molecule has 0 radical (unpaired) electrons. The van der Waals surface area contributed by atoms with Crippen molar-refractivity contribution in [3.63, 3.8) is 0 Å². The summed E-state index contributed by atoms with van der Waals surface area (Å²) < 4.78 is 5.60. The van der Waals surface area contributed by atoms with Gasteiger partial charge in [0.25, 0.3) is 5.91 Å². The van der Waals surface area contributed by atoms with E-state index in [4.69, 9.17) is 10.5 Å². The average molecular weight is 386 g/mol. The largest absolute Gasteiger partial charge is 0.364 e. The van der Waals surface area contributed by atoms with Gasteiger partial charge < -0.3 is 10.5 Å². The molecular weight excluding hydrogens is 366 g/mol. The molecule has 0 saturated carbocycles. The second-order valence-corrected chi connectivity index (χ2v) is 7.05. The van der Waals surface area contributed by atoms with E-state index in [2.05, 4.69) is 22.4 Å². The number of benzene rings is 1. The fourth-order valence-corrected chi connectivity index (χ4v) is 3.61. The Kier molecular flexibility index (Phi) is 7.06. The van der Waals surface area contributed by atoms with Crippen LogP contribution in [0.2, 0.25) is 0 Å². The lowest BCUT2D eigenvalue weighted by Crippen LogP contribution is -2.29. The molecule has 1 aromatic carbocycles. The fraction of sp³-hybridized carbons (Fsp3) is 0.375. The zero-order chi connectivity index (χ0) is 16.2. The lowest BCUT2D eigenvalue weighted by molar-refractivity contribution is -0.126. The highest BCUT2D eigenvalue weighted by molar-refractivity contribution is 7.98. The van der Waals surface area contributed by atoms with Crippen molar-refractivity contribution < 1.29 is 9.53 Å². The standard InChI is InChI=1S/C16H19N3O2S2.ClH/c1-22-12-5-2-10(3-6-12)13-9-23-16(18-13)19-15(20)14-7-4-11(8-17)21-14;/h2-3,5-6,9,11,14H,4,7-8,17H2,1H3,(H,18,19,20);1H/t11-,14+;/m1./s1. The van der Waals surface area contributed by atoms with E-state index in [0.717, 1.165) is 17.7 Å². The maximum absolute atomic E-state index is 12.2. The second-order valence-electron chi connectivity index (χ2n) is 5.32. The van der Waals surface area contributed by atoms with Gasteiger partial charge in [0.1, 0.15) is 6.10 Å². The molecule has 3 N–H and O–H groups in total. The first-order valence-electron chi connectivity index (χ1n) is 7.46. The van der Waals surface area contributed by atoms with E-state index in [-0.39, 0.29) is 24.4 Å². The third kappa shape index (κ3) is 4.49. The highest BCUT2D eigenvalue weighted by Crippen LogP contribution is 2.27. The van der Waals surface area contributed by atoms with Crippen LogP contribution in [0.15, 0.2) is 34.5 Å². The van der Waals surface area contributed by atoms with Crippen molar-refractivity contribution in [1.82, 2.24) is 4.98 Å². The third-order valence-electron chi connectivity index (χ3n) is 3.78. The summed E-state index contributed by atoms with van der Waals surface area (Å²) in [5, 5.41) is 5.38. The smallest absolute Gasteiger partial charge is 0.255 e. The van der Waals surface area contributed by atoms with E-state index in [1.54, 1.807) is 11.8 Å². The summed E-state index contributed by atoms with van der Waals surface area (Å²) in [6.45, 7) is 0.456. The molecule has 2 heterocycles. The van der Waals surface area contributed by atoms with Gasteiger partial charge in [-0.2, -0.15) is 0 Å². The van der Waals surface area contributed by atoms with Crippen molar-refractivity contribution in [3.05, 3.63) is 29.6 Å². The van der Waals surface area contributed by atoms with Gasteiger partial charge in [-0.3, -0.25) is 10.1 Å². The zero-order valence-corrected chi connectivity index (χ0v) is 15.7. The second kappa shape index (κ2) is 8.82. The van der Waals surface area contributed by atoms with Crippen LogP contribution < -0.4 is 11.1 Å². The lowest BCUT2D eigenvalue weighted by Gasteiger charge is -2.11. The van der Waals surface area contributed by atoms with Crippen molar-refractivity contribution in [3.8, 4) is 11.3 Å². The number of ether oxygens (including phenoxy) is 1. The first-order chi connectivity index (χ1) is 11.2. The number of rotatable bonds is 5. The molecular formula is C16H20ClN3O2S2. The predicted octanol–water partition coefficient (Wildman–Crippen LogP) is 3.40. The number of nitrogens with two attached hydrogens (primary N) is 1. The molecule has 1 aromatic heterocycles. The molecule has 1 aliphatic heterocycles. The van der Waals surface area contributed by atoms with Crippen molar-refractivity contribution in [2.75, 3.05) is 18.1 Å². The van der Waals surface area contributed by atoms with Gasteiger partial charge in [-0.05, 0) is 31.2 Å². The Bertz CT molecular complexity index is 678. The number of hydrogen-bond donors (Lipinski definition) is 2. The number of hydrogen-bond acceptors (Lipinski definition) is 6. The first-order valence-corrected chi connectivity index (χ1v) is 9.56. The molecule has 1 aliphatic rings. The Morgan fingerprint density at radius 1 is 1.42 bits per heavy atom. The van der Waals surface area contributed by atoms with Crippen LogP contribution in [-0.2, 0) is 9.53 Å². The van der Waals surface area contributed by atoms with Crippen molar-refractivity contribution >= 4 is 46.5 Å². The van der Waals surface area contributed by atoms with E-state index in [1.165, 1.54) is 16.2 Å². The van der Waals surface area contributed by atoms with E-state index >= 15 is 0 Å². The first kappa shape index (κ1) is 19.2. The molecule has 2 atom stereocenters. The minimum absolute atomic E-state index is 0. The monoisotopic (exact) mass is 385 g/mol. The molecule has 1 saturated heterocycles. The molecule has 0 unspecified atom stereocenters. The van der Waals surface area contributed by atoms with Gasteiger partial charge in [0, 0.05) is 22.4 Å². The number of thioether (sulfide) groups is 1. The summed E-state index contributed by atoms with van der Waals surface area (Å²) in [7, 11) is 0. The molecule has 5 nitrogen and oxygen atoms in total. The van der Waals surface area contributed by atoms with Gasteiger partial charge in [0.15, 0.2) is 5.13 Å². The molecule has 130 valence electrons. The fourth-order valence-electron chi connectivity index (χ4n) is 2.48. The maximum atomic E-state index is 12.2. The van der Waals surface area contributed by atoms with Crippen molar-refractivity contribution in [2.24, 2.45) is 5.73 Å². The Hall–Kier alpha value is -1.12. The van der Waals surface area contributed by atoms with Crippen LogP contribution in [0.5, 0.6) is 0 Å². The van der Waals surface area contributed by atoms with E-state index in [1.807, 2.05) is 23.8 Å². The van der Waals surface area contributed by atoms with Gasteiger partial charge in [-0.1, -0.05) is 12.1 Å². The highest BCUT2D eigenvalue weighted by Gasteiger charge is 2.30. The molecule has 0 aliphatic carbocycles. The Morgan fingerprint density at radius 2 is 2.17 bits per heavy atom. The number of nitrogens with zero attached hydrogens (tertiary/aromatic N) is 1. The number of halogens is 1. The van der Waals surface area contributed by atoms with Gasteiger partial charge in [0.05, 0.1) is 11.8 Å². The van der Waals surface area contributed by atoms with Crippen LogP contribution in [0.4, 0.5) is 5.13 Å². The van der Waals surface area contributed by atoms with Gasteiger partial charge in [0.2, 0.25) is 0 Å². The summed E-state index contributed by atoms with van der Waals surface area (Å²) >= 11 is 3.12. The summed E-state index contributed by atoms with van der Waals surface area (Å²) in [5.74, 6) is -0.139. The molecule has 8 heteroatoms. The molecule has 2 aromatic rings. The number of aromatic nitrogens is 1. The van der Waals surface area contributed by atoms with Gasteiger partial charge >= 0.3 is 0 Å². The maximum Gasteiger partial charge on any atom is 0.255 e. The van der Waals surface area contributed by atoms with E-state index in [9.17, 15) is 4.79 Å². The van der Waals surface area contributed by atoms with Crippen LogP contribution >= 0.6 is 35.5 Å². The summed E-state index contributed by atoms with van der Waals surface area (Å²) in [6.07, 6.45) is 3.16. The number of carbonyl (C=O) groups excluding carboxylic acids is 1. The third-order valence-corrected chi connectivity index (χ3v) is 5.28. The van der Waals surface area contributed by atoms with Crippen LogP contribution in [0, 0.1) is 0 Å². The van der Waals surface area contributed by atoms with Crippen LogP contribution in [0.3, 0.4) is 0 Å². The summed E-state index contributed by atoms with van der Waals surface area (Å²) in [4.78, 5) is 17.9. The van der Waals surface area contributed by atoms with Crippen molar-refractivity contribution in [1.29, 1.82) is 0 Å². The highest BCUT2D eigenvalue weighted by atomic mass is 35.5. The number of nitrogens with one attached hydrogen (secondary N) is 1. The summed E-state index contributed by atoms with van der Waals surface area (Å²) in [6, 6.07) is 8.21. The van der Waals surface area contributed by atoms with E-state index in [0.29, 0.717) is 18.1 Å². The quantitative estimate of drug-likeness (QED) is 0.771. The average Bonchev–Trinajstić information content (AvgIpc) is 3.24. The molecule has 0 bridgehead atoms. The molecule has 0 spiro atoms. The molecule has 3 rings (SSSR count). The number of thiazole rings is 1. The topological polar surface area (TPSA) is 77.2 Å². The van der Waals surface area contributed by atoms with E-state index < -0.39 is 6.10 Å². The van der Waals surface area contributed by atoms with Gasteiger partial charge in [-0.15, -0.1) is 35.5 Å². The molecule has 24 heavy (non-hydrogen) atoms. The lowest BCUT2D eigenvalue weighted by atomic mass is 10.2. The predicted molar refractivity (Wildman–Crippen MR) is 102 cm³/mol. The van der Waals surface area contributed by atoms with Crippen molar-refractivity contribution in [2.45, 2.75) is 29.9 Å². The van der Waals surface area contributed by atoms with Gasteiger partial charge in [-0.25, -0.2) is 4.98 Å². The molecule has 1 fully saturated rings.